The van der Waals surface area contributed by atoms with E-state index in [9.17, 15) is 0 Å². The molecule has 0 amide bonds. The van der Waals surface area contributed by atoms with Crippen LogP contribution in [-0.2, 0) is 0 Å². The Labute approximate surface area is 260 Å². The Hall–Kier alpha value is -0.530. The molecule has 2 atom stereocenters. The number of hydrogen-bond donors (Lipinski definition) is 1. The molecule has 0 aromatic heterocycles. The van der Waals surface area contributed by atoms with Crippen molar-refractivity contribution in [1.29, 1.82) is 0 Å². The third kappa shape index (κ3) is 26.8. The molecule has 41 heavy (non-hydrogen) atoms. The third-order valence-corrected chi connectivity index (χ3v) is 9.74. The van der Waals surface area contributed by atoms with Crippen LogP contribution < -0.4 is 5.32 Å². The van der Waals surface area contributed by atoms with Gasteiger partial charge in [0.15, 0.2) is 0 Å². The lowest BCUT2D eigenvalue weighted by Gasteiger charge is -2.18. The predicted octanol–water partition coefficient (Wildman–Crippen LogP) is 13.7. The Bertz CT molecular complexity index is 516. The fraction of sp³-hybridized carbons (Fsp3) is 0.974. The van der Waals surface area contributed by atoms with Crippen LogP contribution in [0.15, 0.2) is 4.99 Å². The summed E-state index contributed by atoms with van der Waals surface area (Å²) in [5.41, 5.74) is 0. The van der Waals surface area contributed by atoms with Gasteiger partial charge in [-0.1, -0.05) is 219 Å². The summed E-state index contributed by atoms with van der Waals surface area (Å²) in [4.78, 5) is 4.78. The maximum Gasteiger partial charge on any atom is 0.0831 e. The zero-order valence-electron chi connectivity index (χ0n) is 28.7. The van der Waals surface area contributed by atoms with E-state index >= 15 is 0 Å². The number of hydrogen-bond acceptors (Lipinski definition) is 2. The standard InChI is InChI=1S/C39H78N2/c1-3-5-7-9-11-13-15-17-19-21-23-25-27-29-31-33-35-38-39(41-37-40-38)36-34-32-30-28-26-24-22-20-18-16-14-12-10-8-6-4-2/h37-39H,3-36H2,1-2H3,(H,40,41). The minimum atomic E-state index is 0.554. The largest absolute Gasteiger partial charge is 0.372 e. The zero-order valence-corrected chi connectivity index (χ0v) is 28.7. The van der Waals surface area contributed by atoms with Crippen LogP contribution in [0.3, 0.4) is 0 Å². The lowest BCUT2D eigenvalue weighted by atomic mass is 9.96. The monoisotopic (exact) mass is 575 g/mol. The SMILES string of the molecule is CCCCCCCCCCCCCCCCCCC1N=CNC1CCCCCCCCCCCCCCCCCC. The fourth-order valence-electron chi connectivity index (χ4n) is 6.81. The van der Waals surface area contributed by atoms with Crippen molar-refractivity contribution in [2.24, 2.45) is 4.99 Å². The lowest BCUT2D eigenvalue weighted by Crippen LogP contribution is -2.31. The van der Waals surface area contributed by atoms with Crippen LogP contribution in [0.1, 0.15) is 232 Å². The molecule has 244 valence electrons. The van der Waals surface area contributed by atoms with E-state index in [0.29, 0.717) is 12.1 Å². The number of rotatable bonds is 34. The van der Waals surface area contributed by atoms with Gasteiger partial charge < -0.3 is 5.32 Å². The molecule has 2 heteroatoms. The van der Waals surface area contributed by atoms with E-state index in [1.165, 1.54) is 218 Å². The summed E-state index contributed by atoms with van der Waals surface area (Å²) in [5, 5.41) is 3.57. The number of nitrogens with zero attached hydrogens (tertiary/aromatic N) is 1. The number of unbranched alkanes of at least 4 members (excludes halogenated alkanes) is 30. The Morgan fingerprint density at radius 2 is 0.634 bits per heavy atom. The van der Waals surface area contributed by atoms with Gasteiger partial charge in [-0.15, -0.1) is 0 Å². The molecule has 0 aromatic rings. The molecule has 0 aliphatic carbocycles. The fourth-order valence-corrected chi connectivity index (χ4v) is 6.81. The molecule has 0 fully saturated rings. The normalized spacial score (nSPS) is 16.5. The first-order chi connectivity index (χ1) is 20.4. The van der Waals surface area contributed by atoms with Crippen molar-refractivity contribution < 1.29 is 0 Å². The zero-order chi connectivity index (χ0) is 29.3. The summed E-state index contributed by atoms with van der Waals surface area (Å²) >= 11 is 0. The summed E-state index contributed by atoms with van der Waals surface area (Å²) in [6, 6.07) is 1.18. The second-order valence-corrected chi connectivity index (χ2v) is 13.8. The summed E-state index contributed by atoms with van der Waals surface area (Å²) in [6.07, 6.45) is 51.0. The van der Waals surface area contributed by atoms with Gasteiger partial charge in [-0.2, -0.15) is 0 Å². The molecule has 0 bridgehead atoms. The molecule has 1 aliphatic rings. The van der Waals surface area contributed by atoms with Crippen molar-refractivity contribution in [1.82, 2.24) is 5.32 Å². The van der Waals surface area contributed by atoms with Crippen LogP contribution in [0.4, 0.5) is 0 Å². The van der Waals surface area contributed by atoms with Crippen molar-refractivity contribution in [2.75, 3.05) is 0 Å². The van der Waals surface area contributed by atoms with E-state index in [1.54, 1.807) is 0 Å². The van der Waals surface area contributed by atoms with Crippen LogP contribution in [-0.4, -0.2) is 18.4 Å². The smallest absolute Gasteiger partial charge is 0.0831 e. The highest BCUT2D eigenvalue weighted by Gasteiger charge is 2.22. The molecule has 1 rings (SSSR count). The van der Waals surface area contributed by atoms with Gasteiger partial charge in [-0.3, -0.25) is 4.99 Å². The highest BCUT2D eigenvalue weighted by molar-refractivity contribution is 5.58. The van der Waals surface area contributed by atoms with Gasteiger partial charge in [-0.05, 0) is 12.8 Å². The van der Waals surface area contributed by atoms with Crippen LogP contribution in [0.2, 0.25) is 0 Å². The molecular formula is C39H78N2. The molecule has 0 radical (unpaired) electrons. The lowest BCUT2D eigenvalue weighted by molar-refractivity contribution is 0.428. The molecule has 2 unspecified atom stereocenters. The summed E-state index contributed by atoms with van der Waals surface area (Å²) in [7, 11) is 0. The minimum absolute atomic E-state index is 0.554. The van der Waals surface area contributed by atoms with Crippen LogP contribution in [0.5, 0.6) is 0 Å². The van der Waals surface area contributed by atoms with Gasteiger partial charge in [-0.25, -0.2) is 0 Å². The molecule has 0 saturated carbocycles. The molecule has 0 spiro atoms. The Morgan fingerprint density at radius 1 is 0.366 bits per heavy atom. The Kier molecular flexibility index (Phi) is 30.4. The Balaban J connectivity index is 1.79. The van der Waals surface area contributed by atoms with Gasteiger partial charge in [0.2, 0.25) is 0 Å². The molecular weight excluding hydrogens is 496 g/mol. The van der Waals surface area contributed by atoms with E-state index < -0.39 is 0 Å². The first-order valence-electron chi connectivity index (χ1n) is 19.7. The highest BCUT2D eigenvalue weighted by Crippen LogP contribution is 2.20. The molecule has 0 saturated heterocycles. The van der Waals surface area contributed by atoms with Gasteiger partial charge in [0, 0.05) is 6.04 Å². The van der Waals surface area contributed by atoms with E-state index in [0.717, 1.165) is 0 Å². The van der Waals surface area contributed by atoms with E-state index in [2.05, 4.69) is 19.2 Å². The van der Waals surface area contributed by atoms with Crippen molar-refractivity contribution in [3.8, 4) is 0 Å². The first kappa shape index (κ1) is 38.5. The van der Waals surface area contributed by atoms with Gasteiger partial charge in [0.1, 0.15) is 0 Å². The maximum absolute atomic E-state index is 4.78. The van der Waals surface area contributed by atoms with E-state index in [1.807, 2.05) is 6.34 Å². The van der Waals surface area contributed by atoms with Crippen molar-refractivity contribution >= 4 is 6.34 Å². The topological polar surface area (TPSA) is 24.4 Å². The average Bonchev–Trinajstić information content (AvgIpc) is 3.43. The Morgan fingerprint density at radius 3 is 0.951 bits per heavy atom. The second kappa shape index (κ2) is 32.4. The molecule has 1 heterocycles. The molecule has 2 nitrogen and oxygen atoms in total. The molecule has 1 aliphatic heterocycles. The summed E-state index contributed by atoms with van der Waals surface area (Å²) in [6.45, 7) is 4.61. The number of aliphatic imine (C=N–C) groups is 1. The second-order valence-electron chi connectivity index (χ2n) is 13.8. The third-order valence-electron chi connectivity index (χ3n) is 9.74. The number of nitrogens with one attached hydrogen (secondary N) is 1. The maximum atomic E-state index is 4.78. The van der Waals surface area contributed by atoms with Gasteiger partial charge in [0.25, 0.3) is 0 Å². The quantitative estimate of drug-likeness (QED) is 0.0759. The van der Waals surface area contributed by atoms with Crippen molar-refractivity contribution in [2.45, 2.75) is 244 Å². The van der Waals surface area contributed by atoms with E-state index in [-0.39, 0.29) is 0 Å². The van der Waals surface area contributed by atoms with Gasteiger partial charge in [0.05, 0.1) is 12.4 Å². The average molecular weight is 575 g/mol. The molecule has 0 aromatic carbocycles. The first-order valence-corrected chi connectivity index (χ1v) is 19.7. The minimum Gasteiger partial charge on any atom is -0.372 e. The predicted molar refractivity (Wildman–Crippen MR) is 188 cm³/mol. The highest BCUT2D eigenvalue weighted by atomic mass is 15.1. The van der Waals surface area contributed by atoms with Crippen molar-refractivity contribution in [3.63, 3.8) is 0 Å². The van der Waals surface area contributed by atoms with Gasteiger partial charge >= 0.3 is 0 Å². The van der Waals surface area contributed by atoms with Crippen LogP contribution in [0, 0.1) is 0 Å². The van der Waals surface area contributed by atoms with E-state index in [4.69, 9.17) is 4.99 Å². The summed E-state index contributed by atoms with van der Waals surface area (Å²) < 4.78 is 0. The van der Waals surface area contributed by atoms with Crippen LogP contribution >= 0.6 is 0 Å². The van der Waals surface area contributed by atoms with Crippen LogP contribution in [0.25, 0.3) is 0 Å². The molecule has 1 N–H and O–H groups in total. The summed E-state index contributed by atoms with van der Waals surface area (Å²) in [5.74, 6) is 0. The van der Waals surface area contributed by atoms with Crippen molar-refractivity contribution in [3.05, 3.63) is 0 Å².